The summed E-state index contributed by atoms with van der Waals surface area (Å²) in [6.07, 6.45) is 5.81. The predicted octanol–water partition coefficient (Wildman–Crippen LogP) is 3.06. The summed E-state index contributed by atoms with van der Waals surface area (Å²) in [4.78, 5) is 3.99. The van der Waals surface area contributed by atoms with E-state index in [1.54, 1.807) is 12.4 Å². The van der Waals surface area contributed by atoms with E-state index in [0.717, 1.165) is 12.8 Å². The molecule has 0 bridgehead atoms. The van der Waals surface area contributed by atoms with Gasteiger partial charge in [0.15, 0.2) is 11.5 Å². The van der Waals surface area contributed by atoms with Crippen molar-refractivity contribution in [2.24, 2.45) is 0 Å². The zero-order chi connectivity index (χ0) is 10.8. The van der Waals surface area contributed by atoms with Crippen LogP contribution < -0.4 is 9.47 Å². The number of pyridine rings is 1. The minimum atomic E-state index is 0.0896. The molecule has 0 saturated heterocycles. The minimum absolute atomic E-state index is 0.0896. The van der Waals surface area contributed by atoms with Crippen LogP contribution in [0.15, 0.2) is 12.4 Å². The molecule has 15 heavy (non-hydrogen) atoms. The van der Waals surface area contributed by atoms with Crippen LogP contribution in [0.1, 0.15) is 26.7 Å². The SMILES string of the molecule is CC(C)Oc1cncc(Cl)c1OC1CC1. The predicted molar refractivity (Wildman–Crippen MR) is 58.7 cm³/mol. The highest BCUT2D eigenvalue weighted by molar-refractivity contribution is 6.32. The van der Waals surface area contributed by atoms with Gasteiger partial charge in [-0.05, 0) is 26.7 Å². The van der Waals surface area contributed by atoms with E-state index in [2.05, 4.69) is 4.98 Å². The lowest BCUT2D eigenvalue weighted by Gasteiger charge is -2.15. The second-order valence-electron chi connectivity index (χ2n) is 3.93. The molecule has 0 amide bonds. The highest BCUT2D eigenvalue weighted by Crippen LogP contribution is 2.38. The van der Waals surface area contributed by atoms with E-state index in [0.29, 0.717) is 22.6 Å². The molecule has 1 aliphatic rings. The van der Waals surface area contributed by atoms with E-state index in [4.69, 9.17) is 21.1 Å². The summed E-state index contributed by atoms with van der Waals surface area (Å²) in [7, 11) is 0. The van der Waals surface area contributed by atoms with E-state index in [9.17, 15) is 0 Å². The summed E-state index contributed by atoms with van der Waals surface area (Å²) in [5, 5.41) is 0.514. The summed E-state index contributed by atoms with van der Waals surface area (Å²) in [5.74, 6) is 1.26. The Morgan fingerprint density at radius 3 is 2.73 bits per heavy atom. The average molecular weight is 228 g/mol. The van der Waals surface area contributed by atoms with Crippen molar-refractivity contribution in [3.05, 3.63) is 17.4 Å². The molecule has 0 aromatic carbocycles. The maximum Gasteiger partial charge on any atom is 0.183 e. The van der Waals surface area contributed by atoms with Gasteiger partial charge in [0, 0.05) is 6.20 Å². The molecule has 3 nitrogen and oxygen atoms in total. The van der Waals surface area contributed by atoms with Crippen LogP contribution in [0, 0.1) is 0 Å². The number of hydrogen-bond acceptors (Lipinski definition) is 3. The second kappa shape index (κ2) is 4.27. The van der Waals surface area contributed by atoms with Gasteiger partial charge in [-0.2, -0.15) is 0 Å². The fraction of sp³-hybridized carbons (Fsp3) is 0.545. The van der Waals surface area contributed by atoms with Gasteiger partial charge in [0.25, 0.3) is 0 Å². The summed E-state index contributed by atoms with van der Waals surface area (Å²) >= 11 is 6.02. The summed E-state index contributed by atoms with van der Waals surface area (Å²) in [5.41, 5.74) is 0. The first kappa shape index (κ1) is 10.6. The van der Waals surface area contributed by atoms with Gasteiger partial charge in [-0.25, -0.2) is 0 Å². The first-order chi connectivity index (χ1) is 7.16. The monoisotopic (exact) mass is 227 g/mol. The molecule has 1 aromatic heterocycles. The summed E-state index contributed by atoms with van der Waals surface area (Å²) in [6.45, 7) is 3.92. The fourth-order valence-electron chi connectivity index (χ4n) is 1.21. The third-order valence-corrected chi connectivity index (χ3v) is 2.26. The van der Waals surface area contributed by atoms with Crippen molar-refractivity contribution in [1.82, 2.24) is 4.98 Å². The smallest absolute Gasteiger partial charge is 0.183 e. The van der Waals surface area contributed by atoms with Crippen molar-refractivity contribution in [3.8, 4) is 11.5 Å². The zero-order valence-corrected chi connectivity index (χ0v) is 9.62. The van der Waals surface area contributed by atoms with Gasteiger partial charge in [-0.3, -0.25) is 4.98 Å². The van der Waals surface area contributed by atoms with Crippen molar-refractivity contribution in [2.75, 3.05) is 0 Å². The molecule has 2 rings (SSSR count). The highest BCUT2D eigenvalue weighted by atomic mass is 35.5. The Morgan fingerprint density at radius 1 is 1.40 bits per heavy atom. The number of aromatic nitrogens is 1. The van der Waals surface area contributed by atoms with Gasteiger partial charge in [0.2, 0.25) is 0 Å². The van der Waals surface area contributed by atoms with Crippen molar-refractivity contribution >= 4 is 11.6 Å². The van der Waals surface area contributed by atoms with Crippen LogP contribution >= 0.6 is 11.6 Å². The van der Waals surface area contributed by atoms with Gasteiger partial charge in [0.05, 0.1) is 18.4 Å². The molecular weight excluding hydrogens is 214 g/mol. The molecule has 0 atom stereocenters. The minimum Gasteiger partial charge on any atom is -0.485 e. The zero-order valence-electron chi connectivity index (χ0n) is 8.87. The van der Waals surface area contributed by atoms with E-state index in [1.807, 2.05) is 13.8 Å². The molecule has 1 fully saturated rings. The topological polar surface area (TPSA) is 31.4 Å². The van der Waals surface area contributed by atoms with E-state index >= 15 is 0 Å². The van der Waals surface area contributed by atoms with Crippen molar-refractivity contribution < 1.29 is 9.47 Å². The Kier molecular flexibility index (Phi) is 3.00. The molecule has 1 saturated carbocycles. The number of halogens is 1. The molecule has 0 radical (unpaired) electrons. The average Bonchev–Trinajstić information content (AvgIpc) is 2.94. The van der Waals surface area contributed by atoms with Crippen molar-refractivity contribution in [1.29, 1.82) is 0 Å². The lowest BCUT2D eigenvalue weighted by molar-refractivity contribution is 0.216. The largest absolute Gasteiger partial charge is 0.485 e. The van der Waals surface area contributed by atoms with Crippen molar-refractivity contribution in [3.63, 3.8) is 0 Å². The number of nitrogens with zero attached hydrogens (tertiary/aromatic N) is 1. The van der Waals surface area contributed by atoms with Crippen molar-refractivity contribution in [2.45, 2.75) is 38.9 Å². The molecule has 1 heterocycles. The van der Waals surface area contributed by atoms with E-state index in [-0.39, 0.29) is 6.10 Å². The Balaban J connectivity index is 2.21. The molecule has 0 spiro atoms. The lowest BCUT2D eigenvalue weighted by Crippen LogP contribution is -2.08. The van der Waals surface area contributed by atoms with Gasteiger partial charge in [0.1, 0.15) is 5.02 Å². The first-order valence-electron chi connectivity index (χ1n) is 5.13. The van der Waals surface area contributed by atoms with E-state index in [1.165, 1.54) is 0 Å². The number of rotatable bonds is 4. The Hall–Kier alpha value is -0.960. The van der Waals surface area contributed by atoms with Gasteiger partial charge in [-0.1, -0.05) is 11.6 Å². The van der Waals surface area contributed by atoms with E-state index < -0.39 is 0 Å². The maximum absolute atomic E-state index is 6.02. The summed E-state index contributed by atoms with van der Waals surface area (Å²) in [6, 6.07) is 0. The fourth-order valence-corrected chi connectivity index (χ4v) is 1.40. The van der Waals surface area contributed by atoms with Gasteiger partial charge in [-0.15, -0.1) is 0 Å². The molecule has 1 aliphatic carbocycles. The van der Waals surface area contributed by atoms with Crippen LogP contribution in [-0.2, 0) is 0 Å². The molecule has 0 unspecified atom stereocenters. The Bertz CT molecular complexity index is 350. The molecule has 0 aliphatic heterocycles. The Labute approximate surface area is 94.4 Å². The van der Waals surface area contributed by atoms with Crippen LogP contribution in [0.5, 0.6) is 11.5 Å². The maximum atomic E-state index is 6.02. The molecule has 4 heteroatoms. The number of hydrogen-bond donors (Lipinski definition) is 0. The second-order valence-corrected chi connectivity index (χ2v) is 4.34. The highest BCUT2D eigenvalue weighted by Gasteiger charge is 2.26. The molecule has 1 aromatic rings. The third-order valence-electron chi connectivity index (χ3n) is 1.99. The van der Waals surface area contributed by atoms with Gasteiger partial charge >= 0.3 is 0 Å². The van der Waals surface area contributed by atoms with Crippen LogP contribution in [0.3, 0.4) is 0 Å². The third kappa shape index (κ3) is 2.75. The van der Waals surface area contributed by atoms with Crippen LogP contribution in [0.4, 0.5) is 0 Å². The molecule has 0 N–H and O–H groups in total. The first-order valence-corrected chi connectivity index (χ1v) is 5.51. The normalized spacial score (nSPS) is 15.5. The Morgan fingerprint density at radius 2 is 2.13 bits per heavy atom. The summed E-state index contributed by atoms with van der Waals surface area (Å²) < 4.78 is 11.3. The standard InChI is InChI=1S/C11H14ClNO2/c1-7(2)14-10-6-13-5-9(12)11(10)15-8-3-4-8/h5-8H,3-4H2,1-2H3. The molecule has 82 valence electrons. The number of ether oxygens (including phenoxy) is 2. The van der Waals surface area contributed by atoms with Gasteiger partial charge < -0.3 is 9.47 Å². The lowest BCUT2D eigenvalue weighted by atomic mass is 10.4. The van der Waals surface area contributed by atoms with Crippen LogP contribution in [-0.4, -0.2) is 17.2 Å². The van der Waals surface area contributed by atoms with Crippen LogP contribution in [0.25, 0.3) is 0 Å². The van der Waals surface area contributed by atoms with Crippen LogP contribution in [0.2, 0.25) is 5.02 Å². The molecular formula is C11H14ClNO2. The quantitative estimate of drug-likeness (QED) is 0.792.